The SMILES string of the molecule is COc1cc(C(=O)CC(C)=O)ccc1OCCCN1CCC(CC#N)C1(c1ccc(F)cc1)c1ccc(F)cc1. The molecule has 3 aromatic carbocycles. The first kappa shape index (κ1) is 28.9. The average Bonchev–Trinajstić information content (AvgIpc) is 3.30. The Morgan fingerprint density at radius 2 is 1.62 bits per heavy atom. The predicted octanol–water partition coefficient (Wildman–Crippen LogP) is 6.08. The van der Waals surface area contributed by atoms with Crippen LogP contribution in [0.1, 0.15) is 54.1 Å². The zero-order chi connectivity index (χ0) is 28.7. The number of nitrogens with zero attached hydrogens (tertiary/aromatic N) is 2. The second kappa shape index (κ2) is 12.8. The van der Waals surface area contributed by atoms with Crippen molar-refractivity contribution >= 4 is 11.6 Å². The van der Waals surface area contributed by atoms with Gasteiger partial charge in [0, 0.05) is 18.5 Å². The quantitative estimate of drug-likeness (QED) is 0.156. The fourth-order valence-electron chi connectivity index (χ4n) is 5.74. The van der Waals surface area contributed by atoms with E-state index < -0.39 is 5.54 Å². The third kappa shape index (κ3) is 6.05. The lowest BCUT2D eigenvalue weighted by atomic mass is 9.72. The van der Waals surface area contributed by atoms with Gasteiger partial charge in [0.15, 0.2) is 17.3 Å². The van der Waals surface area contributed by atoms with E-state index in [1.807, 2.05) is 0 Å². The maximum absolute atomic E-state index is 13.9. The number of ketones is 2. The first-order valence-electron chi connectivity index (χ1n) is 13.3. The molecule has 1 saturated heterocycles. The fourth-order valence-corrected chi connectivity index (χ4v) is 5.74. The standard InChI is InChI=1S/C32H32F2N2O4/c1-22(37)20-29(38)23-4-13-30(31(21-23)39-2)40-19-3-17-36-18-15-26(14-16-35)32(36,24-5-9-27(33)10-6-24)25-7-11-28(34)12-8-25/h4-13,21,26H,3,14-15,17-20H2,1-2H3. The lowest BCUT2D eigenvalue weighted by Gasteiger charge is -2.43. The number of hydrogen-bond acceptors (Lipinski definition) is 6. The summed E-state index contributed by atoms with van der Waals surface area (Å²) in [4.78, 5) is 25.9. The summed E-state index contributed by atoms with van der Waals surface area (Å²) in [6.07, 6.45) is 1.51. The van der Waals surface area contributed by atoms with Crippen molar-refractivity contribution in [1.29, 1.82) is 5.26 Å². The number of rotatable bonds is 12. The van der Waals surface area contributed by atoms with E-state index >= 15 is 0 Å². The maximum Gasteiger partial charge on any atom is 0.170 e. The van der Waals surface area contributed by atoms with Crippen molar-refractivity contribution < 1.29 is 27.8 Å². The number of likely N-dealkylation sites (tertiary alicyclic amines) is 1. The van der Waals surface area contributed by atoms with Gasteiger partial charge in [0.2, 0.25) is 0 Å². The molecule has 208 valence electrons. The van der Waals surface area contributed by atoms with Gasteiger partial charge in [-0.3, -0.25) is 14.5 Å². The summed E-state index contributed by atoms with van der Waals surface area (Å²) in [5.41, 5.74) is 1.36. The van der Waals surface area contributed by atoms with Crippen molar-refractivity contribution in [2.24, 2.45) is 5.92 Å². The maximum atomic E-state index is 13.9. The molecular weight excluding hydrogens is 514 g/mol. The van der Waals surface area contributed by atoms with Gasteiger partial charge in [-0.25, -0.2) is 8.78 Å². The lowest BCUT2D eigenvalue weighted by Crippen LogP contribution is -2.47. The summed E-state index contributed by atoms with van der Waals surface area (Å²) in [7, 11) is 1.49. The first-order valence-corrected chi connectivity index (χ1v) is 13.3. The normalized spacial score (nSPS) is 16.3. The topological polar surface area (TPSA) is 79.6 Å². The van der Waals surface area contributed by atoms with Crippen molar-refractivity contribution in [3.8, 4) is 17.6 Å². The van der Waals surface area contributed by atoms with E-state index in [4.69, 9.17) is 9.47 Å². The third-order valence-corrected chi connectivity index (χ3v) is 7.47. The van der Waals surface area contributed by atoms with Gasteiger partial charge in [-0.15, -0.1) is 0 Å². The number of carbonyl (C=O) groups excluding carboxylic acids is 2. The van der Waals surface area contributed by atoms with Gasteiger partial charge in [-0.05, 0) is 85.8 Å². The largest absolute Gasteiger partial charge is 0.493 e. The average molecular weight is 547 g/mol. The molecule has 1 unspecified atom stereocenters. The monoisotopic (exact) mass is 546 g/mol. The van der Waals surface area contributed by atoms with E-state index in [0.717, 1.165) is 17.5 Å². The molecule has 1 aliphatic rings. The smallest absolute Gasteiger partial charge is 0.170 e. The van der Waals surface area contributed by atoms with Gasteiger partial charge in [0.25, 0.3) is 0 Å². The van der Waals surface area contributed by atoms with E-state index in [1.54, 1.807) is 42.5 Å². The van der Waals surface area contributed by atoms with Crippen LogP contribution in [0.3, 0.4) is 0 Å². The van der Waals surface area contributed by atoms with Gasteiger partial charge < -0.3 is 9.47 Å². The third-order valence-electron chi connectivity index (χ3n) is 7.47. The molecule has 0 spiro atoms. The number of nitriles is 1. The highest BCUT2D eigenvalue weighted by Gasteiger charge is 2.50. The van der Waals surface area contributed by atoms with Crippen LogP contribution >= 0.6 is 0 Å². The Hall–Kier alpha value is -4.09. The number of carbonyl (C=O) groups is 2. The summed E-state index contributed by atoms with van der Waals surface area (Å²) in [5.74, 6) is -0.386. The van der Waals surface area contributed by atoms with Crippen molar-refractivity contribution in [1.82, 2.24) is 4.90 Å². The van der Waals surface area contributed by atoms with Crippen LogP contribution in [0.5, 0.6) is 11.5 Å². The highest BCUT2D eigenvalue weighted by molar-refractivity contribution is 6.07. The summed E-state index contributed by atoms with van der Waals surface area (Å²) >= 11 is 0. The van der Waals surface area contributed by atoms with Crippen LogP contribution in [0, 0.1) is 28.9 Å². The number of halogens is 2. The molecule has 4 rings (SSSR count). The number of Topliss-reactive ketones (excluding diaryl/α,β-unsaturated/α-hetero) is 2. The van der Waals surface area contributed by atoms with Gasteiger partial charge in [0.1, 0.15) is 17.4 Å². The molecule has 3 aromatic rings. The number of ether oxygens (including phenoxy) is 2. The van der Waals surface area contributed by atoms with E-state index in [9.17, 15) is 23.6 Å². The summed E-state index contributed by atoms with van der Waals surface area (Å²) in [6.45, 7) is 3.03. The molecule has 0 aliphatic carbocycles. The van der Waals surface area contributed by atoms with Crippen LogP contribution in [0.4, 0.5) is 8.78 Å². The lowest BCUT2D eigenvalue weighted by molar-refractivity contribution is -0.116. The molecule has 8 heteroatoms. The van der Waals surface area contributed by atoms with Crippen molar-refractivity contribution in [2.75, 3.05) is 26.8 Å². The Morgan fingerprint density at radius 3 is 2.17 bits per heavy atom. The number of benzene rings is 3. The molecule has 1 atom stereocenters. The molecule has 40 heavy (non-hydrogen) atoms. The van der Waals surface area contributed by atoms with E-state index in [2.05, 4.69) is 11.0 Å². The molecular formula is C32H32F2N2O4. The molecule has 6 nitrogen and oxygen atoms in total. The second-order valence-corrected chi connectivity index (χ2v) is 9.98. The van der Waals surface area contributed by atoms with E-state index in [1.165, 1.54) is 38.3 Å². The zero-order valence-electron chi connectivity index (χ0n) is 22.7. The van der Waals surface area contributed by atoms with Crippen molar-refractivity contribution in [3.63, 3.8) is 0 Å². The Kier molecular flexibility index (Phi) is 9.28. The second-order valence-electron chi connectivity index (χ2n) is 9.98. The van der Waals surface area contributed by atoms with Crippen LogP contribution in [0.25, 0.3) is 0 Å². The minimum absolute atomic E-state index is 0.0745. The molecule has 0 N–H and O–H groups in total. The van der Waals surface area contributed by atoms with Gasteiger partial charge in [-0.1, -0.05) is 24.3 Å². The molecule has 0 saturated carbocycles. The highest BCUT2D eigenvalue weighted by Crippen LogP contribution is 2.50. The van der Waals surface area contributed by atoms with Gasteiger partial charge in [-0.2, -0.15) is 5.26 Å². The summed E-state index contributed by atoms with van der Waals surface area (Å²) in [6, 6.07) is 19.8. The van der Waals surface area contributed by atoms with Gasteiger partial charge >= 0.3 is 0 Å². The van der Waals surface area contributed by atoms with Crippen molar-refractivity contribution in [2.45, 2.75) is 38.1 Å². The minimum Gasteiger partial charge on any atom is -0.493 e. The minimum atomic E-state index is -0.729. The van der Waals surface area contributed by atoms with E-state index in [-0.39, 0.29) is 35.5 Å². The van der Waals surface area contributed by atoms with E-state index in [0.29, 0.717) is 49.6 Å². The molecule has 0 radical (unpaired) electrons. The molecule has 1 heterocycles. The number of methoxy groups -OCH3 is 1. The molecule has 0 aromatic heterocycles. The zero-order valence-corrected chi connectivity index (χ0v) is 22.7. The predicted molar refractivity (Wildman–Crippen MR) is 146 cm³/mol. The molecule has 1 fully saturated rings. The molecule has 1 aliphatic heterocycles. The van der Waals surface area contributed by atoms with Crippen LogP contribution < -0.4 is 9.47 Å². The Labute approximate surface area is 233 Å². The molecule has 0 bridgehead atoms. The Bertz CT molecular complexity index is 1340. The summed E-state index contributed by atoms with van der Waals surface area (Å²) in [5, 5.41) is 9.66. The van der Waals surface area contributed by atoms with Crippen LogP contribution in [0.2, 0.25) is 0 Å². The van der Waals surface area contributed by atoms with Crippen molar-refractivity contribution in [3.05, 3.63) is 95.1 Å². The Morgan fingerprint density at radius 1 is 1.00 bits per heavy atom. The first-order chi connectivity index (χ1) is 19.3. The number of hydrogen-bond donors (Lipinski definition) is 0. The van der Waals surface area contributed by atoms with Crippen LogP contribution in [-0.2, 0) is 10.3 Å². The fraction of sp³-hybridized carbons (Fsp3) is 0.344. The van der Waals surface area contributed by atoms with Gasteiger partial charge in [0.05, 0.1) is 31.7 Å². The molecule has 0 amide bonds. The summed E-state index contributed by atoms with van der Waals surface area (Å²) < 4.78 is 39.3. The Balaban J connectivity index is 1.55. The van der Waals surface area contributed by atoms with Crippen LogP contribution in [-0.4, -0.2) is 43.3 Å². The highest BCUT2D eigenvalue weighted by atomic mass is 19.1. The van der Waals surface area contributed by atoms with Crippen LogP contribution in [0.15, 0.2) is 66.7 Å².